The Morgan fingerprint density at radius 3 is 2.25 bits per heavy atom. The van der Waals surface area contributed by atoms with Crippen molar-refractivity contribution in [2.24, 2.45) is 23.2 Å². The van der Waals surface area contributed by atoms with Crippen molar-refractivity contribution in [3.05, 3.63) is 23.8 Å². The van der Waals surface area contributed by atoms with E-state index in [1.54, 1.807) is 26.0 Å². The Hall–Kier alpha value is -1.26. The molecule has 108 valence electrons. The highest BCUT2D eigenvalue weighted by Crippen LogP contribution is 2.59. The Morgan fingerprint density at radius 1 is 1.05 bits per heavy atom. The van der Waals surface area contributed by atoms with E-state index in [9.17, 15) is 19.8 Å². The van der Waals surface area contributed by atoms with Crippen LogP contribution in [0, 0.1) is 23.2 Å². The molecule has 6 atom stereocenters. The van der Waals surface area contributed by atoms with Crippen LogP contribution in [0.5, 0.6) is 0 Å². The van der Waals surface area contributed by atoms with Crippen molar-refractivity contribution in [1.29, 1.82) is 0 Å². The lowest BCUT2D eigenvalue weighted by Gasteiger charge is -2.59. The molecule has 0 unspecified atom stereocenters. The Balaban J connectivity index is 2.27. The van der Waals surface area contributed by atoms with E-state index in [2.05, 4.69) is 0 Å². The van der Waals surface area contributed by atoms with E-state index in [0.717, 1.165) is 0 Å². The molecular weight excluding hydrogens is 256 g/mol. The molecule has 0 heterocycles. The number of fused-ring (bicyclic) bond motifs is 1. The van der Waals surface area contributed by atoms with Gasteiger partial charge in [-0.2, -0.15) is 0 Å². The van der Waals surface area contributed by atoms with Gasteiger partial charge in [0.1, 0.15) is 11.2 Å². The minimum absolute atomic E-state index is 0.229. The molecule has 4 aliphatic carbocycles. The monoisotopic (exact) mass is 276 g/mol. The van der Waals surface area contributed by atoms with Crippen LogP contribution < -0.4 is 0 Å². The number of ketones is 2. The van der Waals surface area contributed by atoms with Crippen molar-refractivity contribution in [1.82, 2.24) is 0 Å². The highest BCUT2D eigenvalue weighted by atomic mass is 16.3. The zero-order valence-corrected chi connectivity index (χ0v) is 12.2. The average Bonchev–Trinajstić information content (AvgIpc) is 2.35. The van der Waals surface area contributed by atoms with Crippen LogP contribution in [0.1, 0.15) is 27.7 Å². The normalized spacial score (nSPS) is 53.9. The minimum Gasteiger partial charge on any atom is -0.382 e. The first-order valence-electron chi connectivity index (χ1n) is 6.97. The second kappa shape index (κ2) is 3.49. The van der Waals surface area contributed by atoms with Gasteiger partial charge < -0.3 is 10.2 Å². The van der Waals surface area contributed by atoms with Gasteiger partial charge in [-0.15, -0.1) is 0 Å². The van der Waals surface area contributed by atoms with Gasteiger partial charge in [-0.25, -0.2) is 0 Å². The van der Waals surface area contributed by atoms with Gasteiger partial charge in [-0.1, -0.05) is 18.2 Å². The van der Waals surface area contributed by atoms with E-state index in [1.807, 2.05) is 6.08 Å². The molecule has 4 heteroatoms. The molecule has 2 N–H and O–H groups in total. The summed E-state index contributed by atoms with van der Waals surface area (Å²) in [6, 6.07) is 0. The molecule has 4 rings (SSSR count). The molecule has 0 saturated heterocycles. The summed E-state index contributed by atoms with van der Waals surface area (Å²) in [7, 11) is 0. The molecule has 0 radical (unpaired) electrons. The maximum atomic E-state index is 12.6. The third kappa shape index (κ3) is 1.29. The predicted octanol–water partition coefficient (Wildman–Crippen LogP) is 1.02. The molecule has 0 aromatic heterocycles. The van der Waals surface area contributed by atoms with Gasteiger partial charge in [0.25, 0.3) is 0 Å². The summed E-state index contributed by atoms with van der Waals surface area (Å²) >= 11 is 0. The van der Waals surface area contributed by atoms with Gasteiger partial charge in [0.2, 0.25) is 0 Å². The Labute approximate surface area is 118 Å². The van der Waals surface area contributed by atoms with Crippen molar-refractivity contribution in [2.75, 3.05) is 0 Å². The zero-order valence-electron chi connectivity index (χ0n) is 12.2. The van der Waals surface area contributed by atoms with Crippen molar-refractivity contribution >= 4 is 11.6 Å². The summed E-state index contributed by atoms with van der Waals surface area (Å²) in [5, 5.41) is 21.3. The maximum Gasteiger partial charge on any atom is 0.189 e. The number of carbonyl (C=O) groups is 2. The average molecular weight is 276 g/mol. The summed E-state index contributed by atoms with van der Waals surface area (Å²) < 4.78 is 0. The second-order valence-corrected chi connectivity index (χ2v) is 7.02. The lowest BCUT2D eigenvalue weighted by molar-refractivity contribution is -0.185. The fraction of sp³-hybridized carbons (Fsp3) is 0.625. The molecule has 1 saturated carbocycles. The van der Waals surface area contributed by atoms with Crippen LogP contribution in [0.2, 0.25) is 0 Å². The summed E-state index contributed by atoms with van der Waals surface area (Å²) in [6.45, 7) is 6.44. The molecule has 0 aliphatic heterocycles. The van der Waals surface area contributed by atoms with Gasteiger partial charge >= 0.3 is 0 Å². The molecule has 2 bridgehead atoms. The lowest BCUT2D eigenvalue weighted by Crippen LogP contribution is -2.69. The Morgan fingerprint density at radius 2 is 1.65 bits per heavy atom. The molecule has 0 aromatic rings. The van der Waals surface area contributed by atoms with Crippen LogP contribution in [-0.2, 0) is 9.59 Å². The van der Waals surface area contributed by atoms with Crippen LogP contribution >= 0.6 is 0 Å². The van der Waals surface area contributed by atoms with Crippen LogP contribution in [-0.4, -0.2) is 33.0 Å². The number of Topliss-reactive ketones (excluding diaryl/α,β-unsaturated/α-hetero) is 2. The van der Waals surface area contributed by atoms with E-state index < -0.39 is 28.5 Å². The molecule has 20 heavy (non-hydrogen) atoms. The predicted molar refractivity (Wildman–Crippen MR) is 72.7 cm³/mol. The number of rotatable bonds is 0. The summed E-state index contributed by atoms with van der Waals surface area (Å²) in [5.74, 6) is -1.80. The fourth-order valence-electron chi connectivity index (χ4n) is 4.46. The van der Waals surface area contributed by atoms with E-state index in [-0.39, 0.29) is 17.5 Å². The highest BCUT2D eigenvalue weighted by molar-refractivity contribution is 6.04. The van der Waals surface area contributed by atoms with Crippen LogP contribution in [0.4, 0.5) is 0 Å². The third-order valence-electron chi connectivity index (χ3n) is 5.61. The van der Waals surface area contributed by atoms with E-state index in [0.29, 0.717) is 5.57 Å². The first-order chi connectivity index (χ1) is 9.04. The summed E-state index contributed by atoms with van der Waals surface area (Å²) in [6.07, 6.45) is 5.42. The van der Waals surface area contributed by atoms with Crippen molar-refractivity contribution in [3.8, 4) is 0 Å². The first-order valence-corrected chi connectivity index (χ1v) is 6.97. The second-order valence-electron chi connectivity index (χ2n) is 7.02. The minimum atomic E-state index is -1.55. The Bertz CT molecular complexity index is 581. The van der Waals surface area contributed by atoms with Gasteiger partial charge in [-0.05, 0) is 33.3 Å². The van der Waals surface area contributed by atoms with Gasteiger partial charge in [0.05, 0.1) is 5.41 Å². The molecule has 0 spiro atoms. The highest BCUT2D eigenvalue weighted by Gasteiger charge is 2.67. The SMILES string of the molecule is CC1=C[C@H]2[C@H]([C@H]3C=C[C@]2(C)C(=O)[C@]3(C)O)[C@](C)(O)C1=O. The summed E-state index contributed by atoms with van der Waals surface area (Å²) in [5.41, 5.74) is -3.46. The number of hydrogen-bond acceptors (Lipinski definition) is 4. The van der Waals surface area contributed by atoms with Crippen LogP contribution in [0.25, 0.3) is 0 Å². The van der Waals surface area contributed by atoms with E-state index >= 15 is 0 Å². The topological polar surface area (TPSA) is 74.6 Å². The zero-order chi connectivity index (χ0) is 15.1. The largest absolute Gasteiger partial charge is 0.382 e. The number of aliphatic hydroxyl groups is 2. The molecule has 0 amide bonds. The van der Waals surface area contributed by atoms with Crippen molar-refractivity contribution in [3.63, 3.8) is 0 Å². The van der Waals surface area contributed by atoms with Crippen molar-refractivity contribution in [2.45, 2.75) is 38.9 Å². The van der Waals surface area contributed by atoms with E-state index in [1.165, 1.54) is 13.8 Å². The number of hydrogen-bond donors (Lipinski definition) is 2. The molecular formula is C16H20O4. The van der Waals surface area contributed by atoms with Crippen LogP contribution in [0.3, 0.4) is 0 Å². The van der Waals surface area contributed by atoms with Gasteiger partial charge in [-0.3, -0.25) is 9.59 Å². The number of allylic oxidation sites excluding steroid dienone is 2. The molecule has 4 aliphatic rings. The fourth-order valence-corrected chi connectivity index (χ4v) is 4.46. The smallest absolute Gasteiger partial charge is 0.189 e. The van der Waals surface area contributed by atoms with E-state index in [4.69, 9.17) is 0 Å². The van der Waals surface area contributed by atoms with Crippen molar-refractivity contribution < 1.29 is 19.8 Å². The molecule has 1 fully saturated rings. The van der Waals surface area contributed by atoms with Gasteiger partial charge in [0, 0.05) is 17.8 Å². The molecule has 4 nitrogen and oxygen atoms in total. The maximum absolute atomic E-state index is 12.6. The summed E-state index contributed by atoms with van der Waals surface area (Å²) in [4.78, 5) is 24.9. The van der Waals surface area contributed by atoms with Crippen LogP contribution in [0.15, 0.2) is 23.8 Å². The Kier molecular flexibility index (Phi) is 2.39. The number of carbonyl (C=O) groups excluding carboxylic acids is 2. The van der Waals surface area contributed by atoms with Gasteiger partial charge in [0.15, 0.2) is 11.6 Å². The lowest BCUT2D eigenvalue weighted by atomic mass is 9.44. The first kappa shape index (κ1) is 13.7. The standard InChI is InChI=1S/C16H20O4/c1-8-7-10-11(16(4,20)12(8)17)9-5-6-14(10,2)13(18)15(9,3)19/h5-7,9-11,19-20H,1-4H3/t9-,10+,11+,14+,15-,16+/m1/s1. The molecule has 0 aromatic carbocycles. The third-order valence-corrected chi connectivity index (χ3v) is 5.61. The quantitative estimate of drug-likeness (QED) is 0.648.